The molecule has 128 valence electrons. The van der Waals surface area contributed by atoms with Crippen LogP contribution in [-0.4, -0.2) is 0 Å². The summed E-state index contributed by atoms with van der Waals surface area (Å²) in [4.78, 5) is 0. The third-order valence-corrected chi connectivity index (χ3v) is 6.09. The van der Waals surface area contributed by atoms with E-state index in [1.165, 1.54) is 65.3 Å². The smallest absolute Gasteiger partial charge is 0.00155 e. The zero-order valence-electron chi connectivity index (χ0n) is 16.2. The molecule has 5 aromatic carbocycles. The Morgan fingerprint density at radius 1 is 0.577 bits per heavy atom. The predicted molar refractivity (Wildman–Crippen MR) is 116 cm³/mol. The molecule has 5 aromatic rings. The van der Waals surface area contributed by atoms with Crippen LogP contribution < -0.4 is 0 Å². The van der Waals surface area contributed by atoms with E-state index in [9.17, 15) is 0 Å². The van der Waals surface area contributed by atoms with Gasteiger partial charge in [0.1, 0.15) is 0 Å². The third kappa shape index (κ3) is 1.85. The maximum absolute atomic E-state index is 2.43. The lowest BCUT2D eigenvalue weighted by molar-refractivity contribution is 0.876. The monoisotopic (exact) mass is 336 g/mol. The van der Waals surface area contributed by atoms with Crippen LogP contribution in [0.2, 0.25) is 0 Å². The van der Waals surface area contributed by atoms with E-state index in [4.69, 9.17) is 0 Å². The molecule has 0 aromatic heterocycles. The molecule has 5 rings (SSSR count). The van der Waals surface area contributed by atoms with Gasteiger partial charge in [-0.25, -0.2) is 0 Å². The van der Waals surface area contributed by atoms with Gasteiger partial charge in [0.05, 0.1) is 0 Å². The first kappa shape index (κ1) is 15.6. The van der Waals surface area contributed by atoms with Crippen molar-refractivity contribution in [1.29, 1.82) is 0 Å². The maximum Gasteiger partial charge on any atom is -0.00155 e. The highest BCUT2D eigenvalue weighted by Crippen LogP contribution is 2.46. The first-order valence-electron chi connectivity index (χ1n) is 9.59. The summed E-state index contributed by atoms with van der Waals surface area (Å²) < 4.78 is 0. The molecule has 0 unspecified atom stereocenters. The van der Waals surface area contributed by atoms with Gasteiger partial charge < -0.3 is 0 Å². The van der Waals surface area contributed by atoms with Crippen LogP contribution >= 0.6 is 0 Å². The summed E-state index contributed by atoms with van der Waals surface area (Å²) in [6.07, 6.45) is 0. The Morgan fingerprint density at radius 2 is 1.15 bits per heavy atom. The predicted octanol–water partition coefficient (Wildman–Crippen LogP) is 7.79. The Morgan fingerprint density at radius 3 is 1.81 bits per heavy atom. The van der Waals surface area contributed by atoms with Gasteiger partial charge in [-0.05, 0) is 92.0 Å². The number of hydrogen-bond donors (Lipinski definition) is 0. The largest absolute Gasteiger partial charge is 0.0610 e. The van der Waals surface area contributed by atoms with Gasteiger partial charge in [0.25, 0.3) is 0 Å². The van der Waals surface area contributed by atoms with E-state index in [0.717, 1.165) is 0 Å². The van der Waals surface area contributed by atoms with Crippen molar-refractivity contribution < 1.29 is 0 Å². The number of rotatable bonds is 1. The number of fused-ring (bicyclic) bond motifs is 2. The van der Waals surface area contributed by atoms with Crippen molar-refractivity contribution in [2.45, 2.75) is 40.5 Å². The molecule has 0 radical (unpaired) electrons. The molecule has 0 atom stereocenters. The van der Waals surface area contributed by atoms with Crippen molar-refractivity contribution in [1.82, 2.24) is 0 Å². The number of benzene rings is 5. The summed E-state index contributed by atoms with van der Waals surface area (Å²) in [6.45, 7) is 11.5. The fourth-order valence-electron chi connectivity index (χ4n) is 5.12. The molecule has 0 fully saturated rings. The lowest BCUT2D eigenvalue weighted by atomic mass is 9.81. The molecule has 0 aliphatic heterocycles. The highest BCUT2D eigenvalue weighted by atomic mass is 14.2. The Kier molecular flexibility index (Phi) is 3.13. The zero-order valence-corrected chi connectivity index (χ0v) is 16.2. The SMILES string of the molecule is Cc1cc(C)c2c3cccc4cccc(c5c(C(C)C)cc(C)c1c25)c43. The fraction of sp³-hybridized carbons (Fsp3) is 0.231. The quantitative estimate of drug-likeness (QED) is 0.216. The summed E-state index contributed by atoms with van der Waals surface area (Å²) in [5.41, 5.74) is 5.65. The average Bonchev–Trinajstić information content (AvgIpc) is 2.60. The molecule has 0 nitrogen and oxygen atoms in total. The molecule has 0 bridgehead atoms. The van der Waals surface area contributed by atoms with E-state index in [0.29, 0.717) is 5.92 Å². The van der Waals surface area contributed by atoms with Gasteiger partial charge in [-0.3, -0.25) is 0 Å². The normalized spacial score (nSPS) is 12.4. The number of aryl methyl sites for hydroxylation is 3. The van der Waals surface area contributed by atoms with Gasteiger partial charge in [-0.15, -0.1) is 0 Å². The second kappa shape index (κ2) is 5.20. The van der Waals surface area contributed by atoms with Gasteiger partial charge in [-0.1, -0.05) is 62.4 Å². The maximum atomic E-state index is 2.43. The lowest BCUT2D eigenvalue weighted by Gasteiger charge is -2.22. The standard InChI is InChI=1S/C26H24/c1-14(2)21-13-17(5)22-15(3)12-16(4)23-19-10-6-8-18-9-7-11-20(24(18)19)25(21)26(22)23/h6-14H,1-5H3. The van der Waals surface area contributed by atoms with Gasteiger partial charge in [0, 0.05) is 0 Å². The van der Waals surface area contributed by atoms with Gasteiger partial charge >= 0.3 is 0 Å². The molecule has 0 saturated carbocycles. The topological polar surface area (TPSA) is 0 Å². The van der Waals surface area contributed by atoms with Crippen molar-refractivity contribution in [3.05, 3.63) is 70.8 Å². The van der Waals surface area contributed by atoms with E-state index in [-0.39, 0.29) is 0 Å². The molecular weight excluding hydrogens is 312 g/mol. The Hall–Kier alpha value is -2.60. The van der Waals surface area contributed by atoms with Gasteiger partial charge in [-0.2, -0.15) is 0 Å². The van der Waals surface area contributed by atoms with Crippen molar-refractivity contribution >= 4 is 43.1 Å². The van der Waals surface area contributed by atoms with Crippen LogP contribution in [0.5, 0.6) is 0 Å². The highest BCUT2D eigenvalue weighted by molar-refractivity contribution is 6.34. The minimum atomic E-state index is 0.502. The summed E-state index contributed by atoms with van der Waals surface area (Å²) in [7, 11) is 0. The van der Waals surface area contributed by atoms with E-state index < -0.39 is 0 Å². The van der Waals surface area contributed by atoms with Crippen molar-refractivity contribution in [2.75, 3.05) is 0 Å². The van der Waals surface area contributed by atoms with Crippen LogP contribution in [0, 0.1) is 20.8 Å². The summed E-state index contributed by atoms with van der Waals surface area (Å²) >= 11 is 0. The molecule has 0 heteroatoms. The van der Waals surface area contributed by atoms with Crippen molar-refractivity contribution in [2.24, 2.45) is 0 Å². The van der Waals surface area contributed by atoms with E-state index in [1.54, 1.807) is 0 Å². The summed E-state index contributed by atoms with van der Waals surface area (Å²) in [6, 6.07) is 18.3. The highest BCUT2D eigenvalue weighted by Gasteiger charge is 2.20. The summed E-state index contributed by atoms with van der Waals surface area (Å²) in [5.74, 6) is 0.502. The molecule has 0 saturated heterocycles. The van der Waals surface area contributed by atoms with Crippen LogP contribution in [0.1, 0.15) is 42.0 Å². The minimum Gasteiger partial charge on any atom is -0.0610 e. The average molecular weight is 336 g/mol. The van der Waals surface area contributed by atoms with Crippen molar-refractivity contribution in [3.8, 4) is 0 Å². The van der Waals surface area contributed by atoms with Crippen LogP contribution in [0.25, 0.3) is 43.1 Å². The minimum absolute atomic E-state index is 0.502. The Bertz CT molecular complexity index is 1310. The first-order valence-corrected chi connectivity index (χ1v) is 9.59. The van der Waals surface area contributed by atoms with Crippen molar-refractivity contribution in [3.63, 3.8) is 0 Å². The molecule has 0 aliphatic rings. The second-order valence-electron chi connectivity index (χ2n) is 8.16. The molecule has 26 heavy (non-hydrogen) atoms. The molecule has 0 amide bonds. The van der Waals surface area contributed by atoms with Crippen LogP contribution in [0.3, 0.4) is 0 Å². The fourth-order valence-corrected chi connectivity index (χ4v) is 5.12. The van der Waals surface area contributed by atoms with Gasteiger partial charge in [0.2, 0.25) is 0 Å². The Labute approximate surface area is 154 Å². The molecule has 0 N–H and O–H groups in total. The van der Waals surface area contributed by atoms with E-state index in [1.807, 2.05) is 0 Å². The Balaban J connectivity index is 2.29. The molecule has 0 spiro atoms. The van der Waals surface area contributed by atoms with Crippen LogP contribution in [0.15, 0.2) is 48.5 Å². The molecule has 0 aliphatic carbocycles. The first-order chi connectivity index (χ1) is 12.5. The second-order valence-corrected chi connectivity index (χ2v) is 8.16. The van der Waals surface area contributed by atoms with E-state index in [2.05, 4.69) is 83.1 Å². The van der Waals surface area contributed by atoms with Crippen LogP contribution in [0.4, 0.5) is 0 Å². The molecule has 0 heterocycles. The van der Waals surface area contributed by atoms with Crippen LogP contribution in [-0.2, 0) is 0 Å². The number of hydrogen-bond acceptors (Lipinski definition) is 0. The third-order valence-electron chi connectivity index (χ3n) is 6.09. The van der Waals surface area contributed by atoms with Gasteiger partial charge in [0.15, 0.2) is 0 Å². The lowest BCUT2D eigenvalue weighted by Crippen LogP contribution is -1.98. The zero-order chi connectivity index (χ0) is 18.2. The van der Waals surface area contributed by atoms with E-state index >= 15 is 0 Å². The summed E-state index contributed by atoms with van der Waals surface area (Å²) in [5, 5.41) is 11.4. The molecular formula is C26H24.